The van der Waals surface area contributed by atoms with Crippen LogP contribution >= 0.6 is 0 Å². The Morgan fingerprint density at radius 1 is 1.47 bits per heavy atom. The fraction of sp³-hybridized carbons (Fsp3) is 0.400. The normalized spacial score (nSPS) is 19.9. The van der Waals surface area contributed by atoms with Gasteiger partial charge in [0.05, 0.1) is 0 Å². The summed E-state index contributed by atoms with van der Waals surface area (Å²) < 4.78 is 13.1. The maximum atomic E-state index is 13.1. The summed E-state index contributed by atoms with van der Waals surface area (Å²) in [5.74, 6) is 0.552. The first kappa shape index (κ1) is 12.0. The van der Waals surface area contributed by atoms with Gasteiger partial charge in [-0.2, -0.15) is 0 Å². The van der Waals surface area contributed by atoms with Gasteiger partial charge in [-0.3, -0.25) is 0 Å². The first-order valence-corrected chi connectivity index (χ1v) is 6.09. The predicted octanol–water partition coefficient (Wildman–Crippen LogP) is 3.99. The van der Waals surface area contributed by atoms with Gasteiger partial charge in [-0.25, -0.2) is 4.39 Å². The van der Waals surface area contributed by atoms with Crippen LogP contribution in [0.3, 0.4) is 0 Å². The Hall–Kier alpha value is -1.44. The Kier molecular flexibility index (Phi) is 3.72. The number of rotatable bonds is 3. The third kappa shape index (κ3) is 3.26. The minimum absolute atomic E-state index is 0.186. The van der Waals surface area contributed by atoms with Crippen LogP contribution in [0.15, 0.2) is 30.3 Å². The molecule has 0 saturated carbocycles. The second-order valence-electron chi connectivity index (χ2n) is 4.79. The van der Waals surface area contributed by atoms with Crippen molar-refractivity contribution in [1.82, 2.24) is 0 Å². The molecule has 1 aromatic rings. The van der Waals surface area contributed by atoms with E-state index >= 15 is 0 Å². The van der Waals surface area contributed by atoms with Gasteiger partial charge >= 0.3 is 0 Å². The fourth-order valence-electron chi connectivity index (χ4n) is 2.43. The SMILES string of the molecule is CC(=O)CC1CC=C(c2cccc(F)c2)CC1. The molecule has 1 nitrogen and oxygen atoms in total. The topological polar surface area (TPSA) is 17.1 Å². The quantitative estimate of drug-likeness (QED) is 0.770. The fourth-order valence-corrected chi connectivity index (χ4v) is 2.43. The monoisotopic (exact) mass is 232 g/mol. The third-order valence-corrected chi connectivity index (χ3v) is 3.29. The molecule has 0 fully saturated rings. The van der Waals surface area contributed by atoms with Crippen molar-refractivity contribution in [2.24, 2.45) is 5.92 Å². The summed E-state index contributed by atoms with van der Waals surface area (Å²) in [6.07, 6.45) is 5.74. The Labute approximate surface area is 101 Å². The van der Waals surface area contributed by atoms with Gasteiger partial charge in [0.1, 0.15) is 11.6 Å². The molecule has 2 heteroatoms. The van der Waals surface area contributed by atoms with Crippen LogP contribution in [0, 0.1) is 11.7 Å². The summed E-state index contributed by atoms with van der Waals surface area (Å²) in [6.45, 7) is 1.64. The lowest BCUT2D eigenvalue weighted by molar-refractivity contribution is -0.117. The first-order chi connectivity index (χ1) is 8.15. The molecule has 0 N–H and O–H groups in total. The Balaban J connectivity index is 2.05. The Morgan fingerprint density at radius 2 is 2.29 bits per heavy atom. The molecule has 0 amide bonds. The lowest BCUT2D eigenvalue weighted by Gasteiger charge is -2.21. The average Bonchev–Trinajstić information content (AvgIpc) is 2.29. The van der Waals surface area contributed by atoms with E-state index < -0.39 is 0 Å². The summed E-state index contributed by atoms with van der Waals surface area (Å²) >= 11 is 0. The minimum Gasteiger partial charge on any atom is -0.300 e. The third-order valence-electron chi connectivity index (χ3n) is 3.29. The van der Waals surface area contributed by atoms with Gasteiger partial charge in [-0.15, -0.1) is 0 Å². The molecule has 1 unspecified atom stereocenters. The summed E-state index contributed by atoms with van der Waals surface area (Å²) in [5, 5.41) is 0. The molecular weight excluding hydrogens is 215 g/mol. The van der Waals surface area contributed by atoms with Crippen LogP contribution in [0.4, 0.5) is 4.39 Å². The van der Waals surface area contributed by atoms with Gasteiger partial charge in [-0.1, -0.05) is 18.2 Å². The molecule has 0 bridgehead atoms. The van der Waals surface area contributed by atoms with E-state index in [0.717, 1.165) is 24.8 Å². The van der Waals surface area contributed by atoms with Crippen LogP contribution in [0.1, 0.15) is 38.2 Å². The second-order valence-corrected chi connectivity index (χ2v) is 4.79. The number of carbonyl (C=O) groups excluding carboxylic acids is 1. The molecule has 0 aromatic heterocycles. The van der Waals surface area contributed by atoms with Crippen LogP contribution in [0.2, 0.25) is 0 Å². The van der Waals surface area contributed by atoms with Gasteiger partial charge in [0.15, 0.2) is 0 Å². The lowest BCUT2D eigenvalue weighted by atomic mass is 9.84. The largest absolute Gasteiger partial charge is 0.300 e. The average molecular weight is 232 g/mol. The maximum absolute atomic E-state index is 13.1. The molecule has 0 radical (unpaired) electrons. The van der Waals surface area contributed by atoms with Crippen molar-refractivity contribution < 1.29 is 9.18 Å². The zero-order valence-electron chi connectivity index (χ0n) is 10.1. The Morgan fingerprint density at radius 3 is 2.88 bits per heavy atom. The highest BCUT2D eigenvalue weighted by molar-refractivity contribution is 5.76. The number of halogens is 1. The van der Waals surface area contributed by atoms with Crippen LogP contribution in [-0.2, 0) is 4.79 Å². The molecule has 1 aromatic carbocycles. The van der Waals surface area contributed by atoms with Crippen LogP contribution in [0.5, 0.6) is 0 Å². The summed E-state index contributed by atoms with van der Waals surface area (Å²) in [7, 11) is 0. The van der Waals surface area contributed by atoms with Crippen molar-refractivity contribution >= 4 is 11.4 Å². The van der Waals surface area contributed by atoms with E-state index in [0.29, 0.717) is 12.3 Å². The molecular formula is C15H17FO. The van der Waals surface area contributed by atoms with Gasteiger partial charge in [0.2, 0.25) is 0 Å². The maximum Gasteiger partial charge on any atom is 0.130 e. The van der Waals surface area contributed by atoms with Crippen molar-refractivity contribution in [2.75, 3.05) is 0 Å². The number of carbonyl (C=O) groups is 1. The van der Waals surface area contributed by atoms with Crippen LogP contribution in [0.25, 0.3) is 5.57 Å². The van der Waals surface area contributed by atoms with Crippen LogP contribution in [-0.4, -0.2) is 5.78 Å². The number of benzene rings is 1. The molecule has 0 spiro atoms. The van der Waals surface area contributed by atoms with Crippen molar-refractivity contribution in [1.29, 1.82) is 0 Å². The van der Waals surface area contributed by atoms with E-state index in [1.165, 1.54) is 11.6 Å². The van der Waals surface area contributed by atoms with E-state index in [-0.39, 0.29) is 11.6 Å². The minimum atomic E-state index is -0.186. The molecule has 0 heterocycles. The van der Waals surface area contributed by atoms with Crippen molar-refractivity contribution in [3.63, 3.8) is 0 Å². The Bertz CT molecular complexity index is 448. The standard InChI is InChI=1S/C15H17FO/c1-11(17)9-12-5-7-13(8-6-12)14-3-2-4-15(16)10-14/h2-4,7,10,12H,5-6,8-9H2,1H3. The van der Waals surface area contributed by atoms with Crippen molar-refractivity contribution in [3.8, 4) is 0 Å². The molecule has 17 heavy (non-hydrogen) atoms. The van der Waals surface area contributed by atoms with Gasteiger partial charge < -0.3 is 4.79 Å². The van der Waals surface area contributed by atoms with E-state index in [9.17, 15) is 9.18 Å². The highest BCUT2D eigenvalue weighted by Crippen LogP contribution is 2.31. The number of Topliss-reactive ketones (excluding diaryl/α,β-unsaturated/α-hetero) is 1. The van der Waals surface area contributed by atoms with Crippen molar-refractivity contribution in [2.45, 2.75) is 32.6 Å². The summed E-state index contributed by atoms with van der Waals surface area (Å²) in [6, 6.07) is 6.73. The molecule has 1 atom stereocenters. The number of hydrogen-bond acceptors (Lipinski definition) is 1. The van der Waals surface area contributed by atoms with E-state index in [1.807, 2.05) is 6.07 Å². The van der Waals surface area contributed by atoms with Gasteiger partial charge in [-0.05, 0) is 55.4 Å². The molecule has 90 valence electrons. The lowest BCUT2D eigenvalue weighted by Crippen LogP contribution is -2.09. The summed E-state index contributed by atoms with van der Waals surface area (Å²) in [4.78, 5) is 11.0. The highest BCUT2D eigenvalue weighted by Gasteiger charge is 2.16. The highest BCUT2D eigenvalue weighted by atomic mass is 19.1. The zero-order chi connectivity index (χ0) is 12.3. The zero-order valence-corrected chi connectivity index (χ0v) is 10.1. The smallest absolute Gasteiger partial charge is 0.130 e. The first-order valence-electron chi connectivity index (χ1n) is 6.09. The van der Waals surface area contributed by atoms with E-state index in [2.05, 4.69) is 6.08 Å². The van der Waals surface area contributed by atoms with E-state index in [4.69, 9.17) is 0 Å². The van der Waals surface area contributed by atoms with Gasteiger partial charge in [0.25, 0.3) is 0 Å². The van der Waals surface area contributed by atoms with E-state index in [1.54, 1.807) is 19.1 Å². The number of allylic oxidation sites excluding steroid dienone is 2. The summed E-state index contributed by atoms with van der Waals surface area (Å²) in [5.41, 5.74) is 2.19. The van der Waals surface area contributed by atoms with Crippen LogP contribution < -0.4 is 0 Å². The number of hydrogen-bond donors (Lipinski definition) is 0. The molecule has 1 aliphatic carbocycles. The van der Waals surface area contributed by atoms with Gasteiger partial charge in [0, 0.05) is 6.42 Å². The molecule has 2 rings (SSSR count). The molecule has 1 aliphatic rings. The number of ketones is 1. The van der Waals surface area contributed by atoms with Crippen molar-refractivity contribution in [3.05, 3.63) is 41.7 Å². The molecule has 0 aliphatic heterocycles. The molecule has 0 saturated heterocycles. The predicted molar refractivity (Wildman–Crippen MR) is 67.0 cm³/mol. The second kappa shape index (κ2) is 5.26.